The Hall–Kier alpha value is -3.12. The smallest absolute Gasteiger partial charge is 0.295 e. The highest BCUT2D eigenvalue weighted by Crippen LogP contribution is 2.40. The van der Waals surface area contributed by atoms with Gasteiger partial charge in [-0.05, 0) is 80.7 Å². The quantitative estimate of drug-likeness (QED) is 0.190. The van der Waals surface area contributed by atoms with Gasteiger partial charge in [-0.3, -0.25) is 9.59 Å². The second-order valence-electron chi connectivity index (χ2n) is 11.2. The molecule has 1 aliphatic rings. The molecular weight excluding hydrogens is 464 g/mol. The van der Waals surface area contributed by atoms with Crippen LogP contribution in [0.25, 0.3) is 5.76 Å². The highest BCUT2D eigenvalue weighted by atomic mass is 16.5. The van der Waals surface area contributed by atoms with E-state index in [0.29, 0.717) is 18.7 Å². The Balaban J connectivity index is 2.05. The molecule has 37 heavy (non-hydrogen) atoms. The van der Waals surface area contributed by atoms with Crippen LogP contribution >= 0.6 is 0 Å². The van der Waals surface area contributed by atoms with Gasteiger partial charge in [0.25, 0.3) is 11.7 Å². The summed E-state index contributed by atoms with van der Waals surface area (Å²) in [7, 11) is 3.96. The first-order chi connectivity index (χ1) is 17.5. The number of hydrogen-bond acceptors (Lipinski definition) is 5. The molecule has 0 radical (unpaired) electrons. The Morgan fingerprint density at radius 3 is 2.30 bits per heavy atom. The molecule has 2 aromatic carbocycles. The van der Waals surface area contributed by atoms with Crippen LogP contribution in [-0.2, 0) is 15.0 Å². The number of likely N-dealkylation sites (tertiary alicyclic amines) is 1. The highest BCUT2D eigenvalue weighted by Gasteiger charge is 2.45. The van der Waals surface area contributed by atoms with Gasteiger partial charge in [-0.15, -0.1) is 0 Å². The molecule has 1 aliphatic heterocycles. The van der Waals surface area contributed by atoms with E-state index in [-0.39, 0.29) is 16.7 Å². The third kappa shape index (κ3) is 6.61. The number of nitrogens with zero attached hydrogens (tertiary/aromatic N) is 2. The van der Waals surface area contributed by atoms with Crippen LogP contribution in [0.5, 0.6) is 5.75 Å². The number of aryl methyl sites for hydroxylation is 1. The van der Waals surface area contributed by atoms with Crippen molar-refractivity contribution in [3.63, 3.8) is 0 Å². The number of aliphatic hydroxyl groups excluding tert-OH is 1. The zero-order valence-corrected chi connectivity index (χ0v) is 23.4. The van der Waals surface area contributed by atoms with E-state index in [4.69, 9.17) is 4.74 Å². The van der Waals surface area contributed by atoms with E-state index in [2.05, 4.69) is 32.6 Å². The van der Waals surface area contributed by atoms with Gasteiger partial charge in [0.1, 0.15) is 11.5 Å². The first-order valence-corrected chi connectivity index (χ1v) is 13.2. The molecular formula is C31H42N2O4. The number of ketones is 1. The minimum atomic E-state index is -0.645. The van der Waals surface area contributed by atoms with Gasteiger partial charge < -0.3 is 19.6 Å². The fourth-order valence-electron chi connectivity index (χ4n) is 4.62. The Bertz CT molecular complexity index is 1140. The summed E-state index contributed by atoms with van der Waals surface area (Å²) in [6.07, 6.45) is 2.73. The first kappa shape index (κ1) is 28.5. The predicted octanol–water partition coefficient (Wildman–Crippen LogP) is 5.84. The molecule has 1 saturated heterocycles. The zero-order chi connectivity index (χ0) is 27.3. The molecule has 6 heteroatoms. The van der Waals surface area contributed by atoms with Crippen molar-refractivity contribution in [3.8, 4) is 5.75 Å². The van der Waals surface area contributed by atoms with Crippen molar-refractivity contribution in [3.05, 3.63) is 70.3 Å². The lowest BCUT2D eigenvalue weighted by molar-refractivity contribution is -0.139. The second-order valence-corrected chi connectivity index (χ2v) is 11.2. The minimum absolute atomic E-state index is 0.0233. The molecule has 6 nitrogen and oxygen atoms in total. The van der Waals surface area contributed by atoms with Gasteiger partial charge in [-0.25, -0.2) is 0 Å². The van der Waals surface area contributed by atoms with Crippen LogP contribution in [0.1, 0.15) is 75.3 Å². The number of aliphatic hydroxyl groups is 1. The number of carbonyl (C=O) groups is 2. The molecule has 0 bridgehead atoms. The van der Waals surface area contributed by atoms with Crippen molar-refractivity contribution in [2.45, 2.75) is 65.3 Å². The molecule has 1 atom stereocenters. The van der Waals surface area contributed by atoms with E-state index in [9.17, 15) is 14.7 Å². The fourth-order valence-corrected chi connectivity index (χ4v) is 4.62. The van der Waals surface area contributed by atoms with E-state index >= 15 is 0 Å². The van der Waals surface area contributed by atoms with E-state index in [1.807, 2.05) is 57.4 Å². The number of hydrogen-bond donors (Lipinski definition) is 1. The van der Waals surface area contributed by atoms with Crippen LogP contribution in [0.4, 0.5) is 0 Å². The second kappa shape index (κ2) is 12.0. The Kier molecular flexibility index (Phi) is 9.19. The van der Waals surface area contributed by atoms with Gasteiger partial charge in [0.05, 0.1) is 18.2 Å². The van der Waals surface area contributed by atoms with Gasteiger partial charge in [0.15, 0.2) is 0 Å². The third-order valence-electron chi connectivity index (χ3n) is 6.84. The maximum atomic E-state index is 13.3. The summed E-state index contributed by atoms with van der Waals surface area (Å²) < 4.78 is 5.85. The van der Waals surface area contributed by atoms with Crippen molar-refractivity contribution < 1.29 is 19.4 Å². The van der Waals surface area contributed by atoms with Crippen LogP contribution < -0.4 is 4.74 Å². The highest BCUT2D eigenvalue weighted by molar-refractivity contribution is 6.46. The fraction of sp³-hybridized carbons (Fsp3) is 0.484. The summed E-state index contributed by atoms with van der Waals surface area (Å²) in [5, 5.41) is 11.4. The van der Waals surface area contributed by atoms with E-state index < -0.39 is 17.7 Å². The van der Waals surface area contributed by atoms with E-state index in [1.54, 1.807) is 11.0 Å². The monoisotopic (exact) mass is 506 g/mol. The average molecular weight is 507 g/mol. The summed E-state index contributed by atoms with van der Waals surface area (Å²) in [5.74, 6) is -0.611. The molecule has 1 heterocycles. The topological polar surface area (TPSA) is 70.1 Å². The molecule has 1 amide bonds. The molecule has 3 rings (SSSR count). The molecule has 0 aliphatic carbocycles. The molecule has 1 fully saturated rings. The number of rotatable bonds is 10. The number of amides is 1. The summed E-state index contributed by atoms with van der Waals surface area (Å²) in [4.78, 5) is 30.2. The van der Waals surface area contributed by atoms with Crippen LogP contribution in [0.15, 0.2) is 48.0 Å². The van der Waals surface area contributed by atoms with E-state index in [1.165, 1.54) is 0 Å². The summed E-state index contributed by atoms with van der Waals surface area (Å²) in [6.45, 7) is 12.3. The Morgan fingerprint density at radius 1 is 1.05 bits per heavy atom. The number of carbonyl (C=O) groups excluding carboxylic acids is 2. The summed E-state index contributed by atoms with van der Waals surface area (Å²) in [6, 6.07) is 12.8. The molecule has 2 aromatic rings. The zero-order valence-electron chi connectivity index (χ0n) is 23.4. The van der Waals surface area contributed by atoms with Crippen LogP contribution in [0, 0.1) is 6.92 Å². The number of benzene rings is 2. The molecule has 200 valence electrons. The molecule has 0 spiro atoms. The van der Waals surface area contributed by atoms with E-state index in [0.717, 1.165) is 48.2 Å². The lowest BCUT2D eigenvalue weighted by atomic mass is 9.85. The molecule has 0 aromatic heterocycles. The lowest BCUT2D eigenvalue weighted by Gasteiger charge is -2.27. The van der Waals surface area contributed by atoms with Crippen molar-refractivity contribution >= 4 is 17.4 Å². The summed E-state index contributed by atoms with van der Waals surface area (Å²) in [5.41, 5.74) is 3.46. The Morgan fingerprint density at radius 2 is 1.73 bits per heavy atom. The summed E-state index contributed by atoms with van der Waals surface area (Å²) >= 11 is 0. The standard InChI is InChI=1S/C31H42N2O4/c1-8-9-19-37-25-16-13-23(20-21(25)2)28(34)26-27(22-11-14-24(15-12-22)31(3,4)5)33(30(36)29(26)35)18-10-17-32(6)7/h11-16,20,27,34H,8-10,17-19H2,1-7H3/b28-26+/t27-/m0/s1. The van der Waals surface area contributed by atoms with Crippen molar-refractivity contribution in [1.82, 2.24) is 9.80 Å². The van der Waals surface area contributed by atoms with Gasteiger partial charge in [0, 0.05) is 12.1 Å². The average Bonchev–Trinajstić information content (AvgIpc) is 3.09. The lowest BCUT2D eigenvalue weighted by Crippen LogP contribution is -2.32. The maximum absolute atomic E-state index is 13.3. The third-order valence-corrected chi connectivity index (χ3v) is 6.84. The van der Waals surface area contributed by atoms with Gasteiger partial charge in [-0.1, -0.05) is 58.4 Å². The van der Waals surface area contributed by atoms with Crippen LogP contribution in [0.2, 0.25) is 0 Å². The van der Waals surface area contributed by atoms with Crippen LogP contribution in [-0.4, -0.2) is 60.4 Å². The minimum Gasteiger partial charge on any atom is -0.507 e. The number of unbranched alkanes of at least 4 members (excludes halogenated alkanes) is 1. The van der Waals surface area contributed by atoms with Gasteiger partial charge in [0.2, 0.25) is 0 Å². The Labute approximate surface area is 221 Å². The first-order valence-electron chi connectivity index (χ1n) is 13.2. The maximum Gasteiger partial charge on any atom is 0.295 e. The molecule has 0 unspecified atom stereocenters. The van der Waals surface area contributed by atoms with Crippen molar-refractivity contribution in [2.24, 2.45) is 0 Å². The SMILES string of the molecule is CCCCOc1ccc(/C(O)=C2\C(=O)C(=O)N(CCCN(C)C)[C@H]2c2ccc(C(C)(C)C)cc2)cc1C. The van der Waals surface area contributed by atoms with Crippen LogP contribution in [0.3, 0.4) is 0 Å². The predicted molar refractivity (Wildman–Crippen MR) is 149 cm³/mol. The largest absolute Gasteiger partial charge is 0.507 e. The van der Waals surface area contributed by atoms with Gasteiger partial charge in [-0.2, -0.15) is 0 Å². The van der Waals surface area contributed by atoms with Crippen molar-refractivity contribution in [1.29, 1.82) is 0 Å². The number of ether oxygens (including phenoxy) is 1. The molecule has 1 N–H and O–H groups in total. The number of Topliss-reactive ketones (excluding diaryl/α,β-unsaturated/α-hetero) is 1. The normalized spacial score (nSPS) is 17.6. The van der Waals surface area contributed by atoms with Crippen molar-refractivity contribution in [2.75, 3.05) is 33.8 Å². The molecule has 0 saturated carbocycles. The van der Waals surface area contributed by atoms with Gasteiger partial charge >= 0.3 is 0 Å².